The molecule has 4 nitrogen and oxygen atoms in total. The summed E-state index contributed by atoms with van der Waals surface area (Å²) in [5.41, 5.74) is 6.23. The van der Waals surface area contributed by atoms with Gasteiger partial charge in [0.25, 0.3) is 0 Å². The van der Waals surface area contributed by atoms with Gasteiger partial charge in [0.15, 0.2) is 0 Å². The van der Waals surface area contributed by atoms with E-state index in [1.54, 1.807) is 0 Å². The predicted molar refractivity (Wildman–Crippen MR) is 100 cm³/mol. The van der Waals surface area contributed by atoms with E-state index in [9.17, 15) is 0 Å². The minimum absolute atomic E-state index is 0.327. The van der Waals surface area contributed by atoms with E-state index >= 15 is 0 Å². The van der Waals surface area contributed by atoms with Gasteiger partial charge in [-0.3, -0.25) is 0 Å². The van der Waals surface area contributed by atoms with E-state index < -0.39 is 7.82 Å². The van der Waals surface area contributed by atoms with Crippen LogP contribution in [0.2, 0.25) is 0 Å². The molecule has 0 unspecified atom stereocenters. The van der Waals surface area contributed by atoms with Crippen LogP contribution in [-0.2, 0) is 4.57 Å². The second-order valence-corrected chi connectivity index (χ2v) is 15.2. The van der Waals surface area contributed by atoms with E-state index in [0.717, 1.165) is 0 Å². The first kappa shape index (κ1) is 26.2. The van der Waals surface area contributed by atoms with Crippen LogP contribution in [0.1, 0.15) is 0 Å². The zero-order valence-electron chi connectivity index (χ0n) is 11.2. The maximum atomic E-state index is 8.88. The molecule has 0 rings (SSSR count). The van der Waals surface area contributed by atoms with E-state index in [0.29, 0.717) is 27.1 Å². The zero-order valence-corrected chi connectivity index (χ0v) is 22.3. The van der Waals surface area contributed by atoms with Crippen molar-refractivity contribution in [3.8, 4) is 0 Å². The molecule has 0 atom stereocenters. The molecule has 0 aromatic carbocycles. The van der Waals surface area contributed by atoms with Gasteiger partial charge in [-0.1, -0.05) is 0 Å². The summed E-state index contributed by atoms with van der Waals surface area (Å²) in [5.74, 6) is 0. The summed E-state index contributed by atoms with van der Waals surface area (Å²) in [6.45, 7) is 10.7. The highest BCUT2D eigenvalue weighted by molar-refractivity contribution is 7.45. The van der Waals surface area contributed by atoms with E-state index in [1.807, 2.05) is 0 Å². The summed E-state index contributed by atoms with van der Waals surface area (Å²) in [6.07, 6.45) is 0. The third kappa shape index (κ3) is 270. The van der Waals surface area contributed by atoms with Gasteiger partial charge in [-0.05, 0) is 29.3 Å². The molecule has 0 amide bonds. The van der Waals surface area contributed by atoms with Crippen molar-refractivity contribution in [2.75, 3.05) is 0 Å². The number of phosphoric acid groups is 1. The van der Waals surface area contributed by atoms with Crippen LogP contribution >= 0.6 is 7.82 Å². The highest BCUT2D eigenvalue weighted by Gasteiger charge is 2.00. The second-order valence-electron chi connectivity index (χ2n) is 2.60. The third-order valence-electron chi connectivity index (χ3n) is 0.866. The zero-order chi connectivity index (χ0) is 14.7. The van der Waals surface area contributed by atoms with Crippen LogP contribution < -0.4 is 0 Å². The molecule has 0 radical (unpaired) electrons. The fourth-order valence-corrected chi connectivity index (χ4v) is 0. The molecule has 0 spiro atoms. The lowest BCUT2D eigenvalue weighted by molar-refractivity contribution is 0.275. The Morgan fingerprint density at radius 1 is 0.824 bits per heavy atom. The monoisotopic (exact) mass is 362 g/mol. The van der Waals surface area contributed by atoms with Gasteiger partial charge in [-0.25, -0.2) is 4.57 Å². The Morgan fingerprint density at radius 3 is 0.882 bits per heavy atom. The van der Waals surface area contributed by atoms with Gasteiger partial charge in [-0.2, -0.15) is 0 Å². The minimum Gasteiger partial charge on any atom is -0.303 e. The van der Waals surface area contributed by atoms with Gasteiger partial charge in [-0.15, -0.1) is 36.8 Å². The van der Waals surface area contributed by atoms with Crippen molar-refractivity contribution in [1.82, 2.24) is 0 Å². The molecule has 0 fully saturated rings. The fourth-order valence-electron chi connectivity index (χ4n) is 0. The normalized spacial score (nSPS) is 10.5. The molecule has 0 aliphatic carbocycles. The molecule has 11 heteroatoms. The molecular formula is C6H27O4PSi6. The number of rotatable bonds is 3. The first-order valence-electron chi connectivity index (χ1n) is 5.35. The van der Waals surface area contributed by atoms with Gasteiger partial charge in [0.2, 0.25) is 0 Å². The van der Waals surface area contributed by atoms with E-state index in [1.165, 1.54) is 29.3 Å². The maximum Gasteiger partial charge on any atom is 0.466 e. The summed E-state index contributed by atoms with van der Waals surface area (Å²) in [5, 5.41) is 0. The Balaban J connectivity index is -0.0000000667. The van der Waals surface area contributed by atoms with Gasteiger partial charge in [0.1, 0.15) is 0 Å². The molecule has 0 aliphatic rings. The maximum absolute atomic E-state index is 8.88. The topological polar surface area (TPSA) is 77.8 Å². The summed E-state index contributed by atoms with van der Waals surface area (Å²) in [6, 6.07) is 0. The SMILES string of the molecule is C=C[SiH2][SiH3].C=C[SiH2][SiH3].C=C[SiH2][SiH3].O=P(O)(O)O. The molecule has 104 valence electrons. The molecule has 0 aromatic heterocycles. The number of hydrogen-bond acceptors (Lipinski definition) is 1. The standard InChI is InChI=1S/3C2H8Si2.H3O4P/c3*1-2-4-3;1-5(2,3)4/h3*2H,1,4H2,3H3;(H3,1,2,3,4). The molecule has 0 heterocycles. The van der Waals surface area contributed by atoms with Crippen molar-refractivity contribution in [1.29, 1.82) is 0 Å². The lowest BCUT2D eigenvalue weighted by atomic mass is 11.3. The Kier molecular flexibility index (Phi) is 39.3. The van der Waals surface area contributed by atoms with Gasteiger partial charge in [0.05, 0.1) is 0 Å². The quantitative estimate of drug-likeness (QED) is 0.346. The Hall–Kier alpha value is 0.631. The van der Waals surface area contributed by atoms with Crippen molar-refractivity contribution < 1.29 is 19.2 Å². The Labute approximate surface area is 120 Å². The Bertz CT molecular complexity index is 181. The summed E-state index contributed by atoms with van der Waals surface area (Å²) < 4.78 is 8.88. The third-order valence-corrected chi connectivity index (χ3v) is 7.79. The van der Waals surface area contributed by atoms with Crippen LogP contribution in [-0.4, -0.2) is 71.1 Å². The lowest BCUT2D eigenvalue weighted by Crippen LogP contribution is -1.73. The van der Waals surface area contributed by atoms with Crippen molar-refractivity contribution in [2.24, 2.45) is 0 Å². The van der Waals surface area contributed by atoms with Crippen molar-refractivity contribution in [3.05, 3.63) is 36.8 Å². The van der Waals surface area contributed by atoms with Crippen LogP contribution in [0.25, 0.3) is 0 Å². The average Bonchev–Trinajstić information content (AvgIpc) is 2.27. The fraction of sp³-hybridized carbons (Fsp3) is 0. The summed E-state index contributed by atoms with van der Waals surface area (Å²) in [7, 11) is 0.574. The van der Waals surface area contributed by atoms with Crippen LogP contribution in [0.5, 0.6) is 0 Å². The lowest BCUT2D eigenvalue weighted by Gasteiger charge is -1.82. The van der Waals surface area contributed by atoms with E-state index in [2.05, 4.69) is 36.8 Å². The van der Waals surface area contributed by atoms with Gasteiger partial charge >= 0.3 is 7.82 Å². The first-order valence-corrected chi connectivity index (χ1v) is 26.3. The first-order chi connectivity index (χ1) is 7.74. The molecular weight excluding hydrogens is 336 g/mol. The van der Waals surface area contributed by atoms with Crippen molar-refractivity contribution in [3.63, 3.8) is 0 Å². The second kappa shape index (κ2) is 25.5. The van der Waals surface area contributed by atoms with Crippen LogP contribution in [0.4, 0.5) is 0 Å². The van der Waals surface area contributed by atoms with Gasteiger partial charge in [0, 0.05) is 27.1 Å². The van der Waals surface area contributed by atoms with Gasteiger partial charge < -0.3 is 14.7 Å². The molecule has 0 aromatic rings. The van der Waals surface area contributed by atoms with E-state index in [-0.39, 0.29) is 0 Å². The molecule has 0 bridgehead atoms. The minimum atomic E-state index is -4.64. The molecule has 17 heavy (non-hydrogen) atoms. The van der Waals surface area contributed by atoms with Crippen LogP contribution in [0, 0.1) is 0 Å². The highest BCUT2D eigenvalue weighted by atomic mass is 31.2. The van der Waals surface area contributed by atoms with Crippen LogP contribution in [0.15, 0.2) is 36.8 Å². The molecule has 0 saturated carbocycles. The highest BCUT2D eigenvalue weighted by Crippen LogP contribution is 2.25. The van der Waals surface area contributed by atoms with E-state index in [4.69, 9.17) is 19.2 Å². The van der Waals surface area contributed by atoms with Crippen molar-refractivity contribution in [2.45, 2.75) is 0 Å². The van der Waals surface area contributed by atoms with Crippen molar-refractivity contribution >= 4 is 64.2 Å². The number of hydrogen-bond donors (Lipinski definition) is 3. The molecule has 3 N–H and O–H groups in total. The largest absolute Gasteiger partial charge is 0.466 e. The molecule has 0 aliphatic heterocycles. The Morgan fingerprint density at radius 2 is 0.882 bits per heavy atom. The summed E-state index contributed by atoms with van der Waals surface area (Å²) >= 11 is 0. The van der Waals surface area contributed by atoms with Crippen LogP contribution in [0.3, 0.4) is 0 Å². The predicted octanol–water partition coefficient (Wildman–Crippen LogP) is -5.19. The smallest absolute Gasteiger partial charge is 0.303 e. The molecule has 0 saturated heterocycles. The summed E-state index contributed by atoms with van der Waals surface area (Å²) in [4.78, 5) is 21.6. The average molecular weight is 363 g/mol.